The highest BCUT2D eigenvalue weighted by molar-refractivity contribution is 7.99. The molecule has 0 aliphatic carbocycles. The van der Waals surface area contributed by atoms with E-state index in [9.17, 15) is 9.59 Å². The maximum absolute atomic E-state index is 12.7. The van der Waals surface area contributed by atoms with Gasteiger partial charge in [0.25, 0.3) is 5.91 Å². The summed E-state index contributed by atoms with van der Waals surface area (Å²) in [6, 6.07) is 19.0. The molecular weight excluding hydrogens is 408 g/mol. The van der Waals surface area contributed by atoms with Crippen molar-refractivity contribution < 1.29 is 9.59 Å². The lowest BCUT2D eigenvalue weighted by atomic mass is 10.2. The van der Waals surface area contributed by atoms with Crippen LogP contribution in [0.5, 0.6) is 0 Å². The summed E-state index contributed by atoms with van der Waals surface area (Å²) in [7, 11) is 1.49. The number of benzene rings is 2. The van der Waals surface area contributed by atoms with Crippen LogP contribution in [0, 0.1) is 0 Å². The molecule has 4 aromatic rings. The van der Waals surface area contributed by atoms with Crippen LogP contribution in [0.1, 0.15) is 28.7 Å². The first-order valence-corrected chi connectivity index (χ1v) is 10.5. The molecule has 7 heteroatoms. The smallest absolute Gasteiger partial charge is 0.261 e. The lowest BCUT2D eigenvalue weighted by Gasteiger charge is -2.15. The molecule has 0 atom stereocenters. The van der Waals surface area contributed by atoms with Crippen LogP contribution in [0.15, 0.2) is 76.7 Å². The Bertz CT molecular complexity index is 1280. The average Bonchev–Trinajstić information content (AvgIpc) is 3.20. The Morgan fingerprint density at radius 3 is 2.61 bits per heavy atom. The van der Waals surface area contributed by atoms with E-state index < -0.39 is 0 Å². The van der Waals surface area contributed by atoms with E-state index in [2.05, 4.69) is 15.2 Å². The zero-order chi connectivity index (χ0) is 21.8. The molecule has 2 amide bonds. The first-order chi connectivity index (χ1) is 15.0. The predicted octanol–water partition coefficient (Wildman–Crippen LogP) is 4.90. The van der Waals surface area contributed by atoms with Crippen molar-refractivity contribution in [3.8, 4) is 0 Å². The number of aromatic amines is 1. The van der Waals surface area contributed by atoms with E-state index in [1.54, 1.807) is 18.3 Å². The number of H-pyrrole nitrogens is 1. The summed E-state index contributed by atoms with van der Waals surface area (Å²) < 4.78 is 0. The molecule has 1 N–H and O–H groups in total. The largest absolute Gasteiger partial charge is 0.282 e. The van der Waals surface area contributed by atoms with Crippen LogP contribution in [0.3, 0.4) is 0 Å². The SMILES string of the molecule is CC(=O)N(C)C(=O)c1ccccc1Sc1ccc2c(/C=C/c3ccccn3)n[nH]c2c1. The average molecular weight is 429 g/mol. The summed E-state index contributed by atoms with van der Waals surface area (Å²) in [6.45, 7) is 1.37. The van der Waals surface area contributed by atoms with Crippen LogP contribution in [-0.2, 0) is 4.79 Å². The van der Waals surface area contributed by atoms with Crippen LogP contribution in [0.4, 0.5) is 0 Å². The minimum atomic E-state index is -0.319. The lowest BCUT2D eigenvalue weighted by Crippen LogP contribution is -2.31. The van der Waals surface area contributed by atoms with E-state index in [0.717, 1.165) is 37.0 Å². The van der Waals surface area contributed by atoms with Crippen LogP contribution < -0.4 is 0 Å². The number of hydrogen-bond donors (Lipinski definition) is 1. The second-order valence-electron chi connectivity index (χ2n) is 6.89. The molecule has 0 saturated carbocycles. The Balaban J connectivity index is 1.59. The fourth-order valence-electron chi connectivity index (χ4n) is 3.03. The molecular formula is C24H20N4O2S. The highest BCUT2D eigenvalue weighted by Crippen LogP contribution is 2.33. The highest BCUT2D eigenvalue weighted by atomic mass is 32.2. The van der Waals surface area contributed by atoms with E-state index in [-0.39, 0.29) is 11.8 Å². The van der Waals surface area contributed by atoms with Crippen molar-refractivity contribution in [3.63, 3.8) is 0 Å². The van der Waals surface area contributed by atoms with Gasteiger partial charge in [0.2, 0.25) is 5.91 Å². The van der Waals surface area contributed by atoms with Crippen LogP contribution in [-0.4, -0.2) is 38.9 Å². The third-order valence-corrected chi connectivity index (χ3v) is 5.85. The number of hydrogen-bond acceptors (Lipinski definition) is 5. The summed E-state index contributed by atoms with van der Waals surface area (Å²) in [6.07, 6.45) is 5.60. The molecule has 0 aliphatic heterocycles. The minimum Gasteiger partial charge on any atom is -0.282 e. The molecule has 31 heavy (non-hydrogen) atoms. The van der Waals surface area contributed by atoms with Crippen LogP contribution >= 0.6 is 11.8 Å². The van der Waals surface area contributed by atoms with Crippen molar-refractivity contribution in [3.05, 3.63) is 83.8 Å². The van der Waals surface area contributed by atoms with Gasteiger partial charge in [-0.15, -0.1) is 0 Å². The van der Waals surface area contributed by atoms with Crippen LogP contribution in [0.2, 0.25) is 0 Å². The second-order valence-corrected chi connectivity index (χ2v) is 8.00. The lowest BCUT2D eigenvalue weighted by molar-refractivity contribution is -0.125. The van der Waals surface area contributed by atoms with E-state index >= 15 is 0 Å². The summed E-state index contributed by atoms with van der Waals surface area (Å²) in [4.78, 5) is 31.4. The normalized spacial score (nSPS) is 11.2. The number of nitrogens with one attached hydrogen (secondary N) is 1. The van der Waals surface area contributed by atoms with E-state index in [1.165, 1.54) is 25.7 Å². The van der Waals surface area contributed by atoms with Crippen molar-refractivity contribution in [1.29, 1.82) is 0 Å². The van der Waals surface area contributed by atoms with Gasteiger partial charge in [0.1, 0.15) is 0 Å². The van der Waals surface area contributed by atoms with Gasteiger partial charge < -0.3 is 0 Å². The number of nitrogens with zero attached hydrogens (tertiary/aromatic N) is 3. The zero-order valence-electron chi connectivity index (χ0n) is 17.1. The maximum Gasteiger partial charge on any atom is 0.261 e. The molecule has 2 aromatic heterocycles. The number of imide groups is 1. The fraction of sp³-hybridized carbons (Fsp3) is 0.0833. The number of pyridine rings is 1. The molecule has 154 valence electrons. The number of fused-ring (bicyclic) bond motifs is 1. The van der Waals surface area contributed by atoms with Gasteiger partial charge in [-0.25, -0.2) is 0 Å². The highest BCUT2D eigenvalue weighted by Gasteiger charge is 2.19. The number of carbonyl (C=O) groups excluding carboxylic acids is 2. The van der Waals surface area contributed by atoms with Gasteiger partial charge in [0.05, 0.1) is 22.5 Å². The predicted molar refractivity (Wildman–Crippen MR) is 123 cm³/mol. The first-order valence-electron chi connectivity index (χ1n) is 9.65. The molecule has 0 bridgehead atoms. The quantitative estimate of drug-likeness (QED) is 0.489. The molecule has 0 fully saturated rings. The molecule has 2 aromatic carbocycles. The number of amides is 2. The Hall–Kier alpha value is -3.71. The summed E-state index contributed by atoms with van der Waals surface area (Å²) in [5, 5.41) is 8.46. The Kier molecular flexibility index (Phi) is 5.95. The molecule has 4 rings (SSSR count). The topological polar surface area (TPSA) is 79.0 Å². The Morgan fingerprint density at radius 2 is 1.84 bits per heavy atom. The van der Waals surface area contributed by atoms with Gasteiger partial charge in [-0.3, -0.25) is 24.6 Å². The summed E-state index contributed by atoms with van der Waals surface area (Å²) >= 11 is 1.47. The molecule has 0 radical (unpaired) electrons. The Labute approximate surface area is 184 Å². The summed E-state index contributed by atoms with van der Waals surface area (Å²) in [5.74, 6) is -0.616. The number of rotatable bonds is 5. The first kappa shape index (κ1) is 20.6. The molecule has 6 nitrogen and oxygen atoms in total. The van der Waals surface area contributed by atoms with Gasteiger partial charge >= 0.3 is 0 Å². The van der Waals surface area contributed by atoms with Gasteiger partial charge in [-0.2, -0.15) is 5.10 Å². The maximum atomic E-state index is 12.7. The van der Waals surface area contributed by atoms with Crippen molar-refractivity contribution in [2.75, 3.05) is 7.05 Å². The van der Waals surface area contributed by atoms with E-state index in [4.69, 9.17) is 0 Å². The van der Waals surface area contributed by atoms with Gasteiger partial charge in [0.15, 0.2) is 0 Å². The minimum absolute atomic E-state index is 0.296. The molecule has 0 spiro atoms. The third-order valence-electron chi connectivity index (χ3n) is 4.79. The van der Waals surface area contributed by atoms with Crippen molar-refractivity contribution >= 4 is 46.6 Å². The second kappa shape index (κ2) is 8.97. The molecule has 0 unspecified atom stereocenters. The monoisotopic (exact) mass is 428 g/mol. The summed E-state index contributed by atoms with van der Waals surface area (Å²) in [5.41, 5.74) is 3.09. The Morgan fingerprint density at radius 1 is 1.03 bits per heavy atom. The number of carbonyl (C=O) groups is 2. The van der Waals surface area contributed by atoms with Crippen molar-refractivity contribution in [2.24, 2.45) is 0 Å². The van der Waals surface area contributed by atoms with Gasteiger partial charge in [-0.05, 0) is 54.6 Å². The third kappa shape index (κ3) is 4.57. The van der Waals surface area contributed by atoms with Gasteiger partial charge in [-0.1, -0.05) is 30.0 Å². The molecule has 2 heterocycles. The van der Waals surface area contributed by atoms with E-state index in [1.807, 2.05) is 60.7 Å². The van der Waals surface area contributed by atoms with Crippen molar-refractivity contribution in [2.45, 2.75) is 16.7 Å². The molecule has 0 saturated heterocycles. The van der Waals surface area contributed by atoms with Crippen molar-refractivity contribution in [1.82, 2.24) is 20.1 Å². The van der Waals surface area contributed by atoms with Crippen LogP contribution in [0.25, 0.3) is 23.1 Å². The fourth-order valence-corrected chi connectivity index (χ4v) is 4.01. The molecule has 0 aliphatic rings. The van der Waals surface area contributed by atoms with E-state index in [0.29, 0.717) is 5.56 Å². The van der Waals surface area contributed by atoms with Gasteiger partial charge in [0, 0.05) is 35.3 Å². The zero-order valence-corrected chi connectivity index (χ0v) is 17.9. The standard InChI is InChI=1S/C24H20N4O2S/c1-16(29)28(2)24(30)20-8-3-4-9-23(20)31-18-11-12-19-21(26-27-22(19)15-18)13-10-17-7-5-6-14-25-17/h3-15H,1-2H3,(H,26,27)/b13-10+. The number of aromatic nitrogens is 3.